The van der Waals surface area contributed by atoms with Gasteiger partial charge in [-0.05, 0) is 42.3 Å². The zero-order valence-corrected chi connectivity index (χ0v) is 11.1. The third-order valence-electron chi connectivity index (χ3n) is 2.97. The molecule has 0 saturated heterocycles. The predicted octanol–water partition coefficient (Wildman–Crippen LogP) is 3.50. The van der Waals surface area contributed by atoms with Crippen LogP contribution in [0.1, 0.15) is 17.2 Å². The van der Waals surface area contributed by atoms with E-state index >= 15 is 0 Å². The summed E-state index contributed by atoms with van der Waals surface area (Å²) >= 11 is 5.66. The molecule has 2 rings (SSSR count). The van der Waals surface area contributed by atoms with Crippen molar-refractivity contribution in [1.82, 2.24) is 5.43 Å². The topological polar surface area (TPSA) is 38.0 Å². The minimum Gasteiger partial charge on any atom is -0.271 e. The first kappa shape index (κ1) is 14.8. The highest BCUT2D eigenvalue weighted by Gasteiger charge is 2.17. The van der Waals surface area contributed by atoms with Gasteiger partial charge < -0.3 is 0 Å². The maximum Gasteiger partial charge on any atom is 0.128 e. The van der Waals surface area contributed by atoms with Gasteiger partial charge in [-0.25, -0.2) is 13.2 Å². The van der Waals surface area contributed by atoms with Crippen molar-refractivity contribution >= 4 is 11.6 Å². The highest BCUT2D eigenvalue weighted by Crippen LogP contribution is 2.24. The van der Waals surface area contributed by atoms with Crippen LogP contribution in [0.2, 0.25) is 5.02 Å². The van der Waals surface area contributed by atoms with E-state index in [-0.39, 0.29) is 17.0 Å². The van der Waals surface area contributed by atoms with Crippen molar-refractivity contribution in [3.05, 3.63) is 70.0 Å². The second-order valence-corrected chi connectivity index (χ2v) is 4.76. The highest BCUT2D eigenvalue weighted by molar-refractivity contribution is 6.30. The number of nitrogens with two attached hydrogens (primary N) is 1. The van der Waals surface area contributed by atoms with Crippen LogP contribution in [0.3, 0.4) is 0 Å². The summed E-state index contributed by atoms with van der Waals surface area (Å²) in [7, 11) is 0. The van der Waals surface area contributed by atoms with E-state index in [2.05, 4.69) is 5.43 Å². The largest absolute Gasteiger partial charge is 0.271 e. The van der Waals surface area contributed by atoms with E-state index in [4.69, 9.17) is 17.4 Å². The minimum atomic E-state index is -0.749. The lowest BCUT2D eigenvalue weighted by molar-refractivity contribution is 0.492. The van der Waals surface area contributed by atoms with E-state index in [0.717, 1.165) is 24.3 Å². The molecule has 0 bridgehead atoms. The Morgan fingerprint density at radius 2 is 1.80 bits per heavy atom. The van der Waals surface area contributed by atoms with Crippen LogP contribution in [0, 0.1) is 17.5 Å². The molecule has 1 unspecified atom stereocenters. The molecule has 0 aliphatic carbocycles. The number of nitrogens with one attached hydrogen (secondary N) is 1. The molecular weight excluding hydrogens is 289 g/mol. The second-order valence-electron chi connectivity index (χ2n) is 4.32. The van der Waals surface area contributed by atoms with Gasteiger partial charge in [0.15, 0.2) is 0 Å². The normalized spacial score (nSPS) is 12.4. The van der Waals surface area contributed by atoms with Crippen LogP contribution in [0.5, 0.6) is 0 Å². The highest BCUT2D eigenvalue weighted by atomic mass is 35.5. The molecule has 6 heteroatoms. The molecule has 106 valence electrons. The lowest BCUT2D eigenvalue weighted by Gasteiger charge is -2.17. The summed E-state index contributed by atoms with van der Waals surface area (Å²) in [4.78, 5) is 0. The van der Waals surface area contributed by atoms with Gasteiger partial charge in [0.1, 0.15) is 17.5 Å². The summed E-state index contributed by atoms with van der Waals surface area (Å²) in [5.41, 5.74) is 2.72. The Hall–Kier alpha value is -1.56. The Morgan fingerprint density at radius 3 is 2.45 bits per heavy atom. The van der Waals surface area contributed by atoms with E-state index < -0.39 is 23.5 Å². The van der Waals surface area contributed by atoms with Crippen molar-refractivity contribution in [3.63, 3.8) is 0 Å². The van der Waals surface area contributed by atoms with E-state index in [9.17, 15) is 13.2 Å². The summed E-state index contributed by atoms with van der Waals surface area (Å²) in [6, 6.07) is 6.47. The minimum absolute atomic E-state index is 0.0434. The Bertz CT molecular complexity index is 619. The molecule has 0 amide bonds. The van der Waals surface area contributed by atoms with E-state index in [1.165, 1.54) is 12.1 Å². The van der Waals surface area contributed by atoms with Gasteiger partial charge in [-0.3, -0.25) is 11.3 Å². The number of hydrogen-bond acceptors (Lipinski definition) is 2. The molecule has 0 aromatic heterocycles. The average Bonchev–Trinajstić information content (AvgIpc) is 2.41. The molecule has 0 radical (unpaired) electrons. The lowest BCUT2D eigenvalue weighted by atomic mass is 9.98. The molecule has 3 N–H and O–H groups in total. The number of halogens is 4. The SMILES string of the molecule is NNC(Cc1ccc(Cl)cc1F)c1cc(F)ccc1F. The molecule has 2 aromatic carbocycles. The first-order valence-electron chi connectivity index (χ1n) is 5.86. The van der Waals surface area contributed by atoms with E-state index in [1.807, 2.05) is 0 Å². The molecular formula is C14H12ClF3N2. The summed E-state index contributed by atoms with van der Waals surface area (Å²) in [6.45, 7) is 0. The van der Waals surface area contributed by atoms with Crippen LogP contribution < -0.4 is 11.3 Å². The Kier molecular flexibility index (Phi) is 4.65. The maximum absolute atomic E-state index is 13.7. The Balaban J connectivity index is 2.31. The molecule has 0 spiro atoms. The standard InChI is InChI=1S/C14H12ClF3N2/c15-9-2-1-8(13(18)6-9)5-14(20-19)11-7-10(16)3-4-12(11)17/h1-4,6-7,14,20H,5,19H2. The van der Waals surface area contributed by atoms with Gasteiger partial charge in [0.25, 0.3) is 0 Å². The first-order valence-corrected chi connectivity index (χ1v) is 6.24. The van der Waals surface area contributed by atoms with Gasteiger partial charge in [-0.2, -0.15) is 0 Å². The van der Waals surface area contributed by atoms with Gasteiger partial charge in [0, 0.05) is 10.6 Å². The molecule has 0 saturated carbocycles. The monoisotopic (exact) mass is 300 g/mol. The molecule has 0 aliphatic rings. The molecule has 0 aliphatic heterocycles. The second kappa shape index (κ2) is 6.26. The van der Waals surface area contributed by atoms with Crippen molar-refractivity contribution in [2.24, 2.45) is 5.84 Å². The average molecular weight is 301 g/mol. The quantitative estimate of drug-likeness (QED) is 0.670. The molecule has 0 heterocycles. The Morgan fingerprint density at radius 1 is 1.05 bits per heavy atom. The number of hydrazine groups is 1. The van der Waals surface area contributed by atoms with Crippen LogP contribution >= 0.6 is 11.6 Å². The van der Waals surface area contributed by atoms with Crippen LogP contribution in [0.15, 0.2) is 36.4 Å². The van der Waals surface area contributed by atoms with E-state index in [0.29, 0.717) is 5.56 Å². The molecule has 1 atom stereocenters. The number of benzene rings is 2. The summed E-state index contributed by atoms with van der Waals surface area (Å²) in [5.74, 6) is 3.65. The van der Waals surface area contributed by atoms with Crippen molar-refractivity contribution < 1.29 is 13.2 Å². The lowest BCUT2D eigenvalue weighted by Crippen LogP contribution is -2.30. The summed E-state index contributed by atoms with van der Waals surface area (Å²) in [6.07, 6.45) is 0.0693. The van der Waals surface area contributed by atoms with Crippen molar-refractivity contribution in [1.29, 1.82) is 0 Å². The van der Waals surface area contributed by atoms with Gasteiger partial charge >= 0.3 is 0 Å². The fourth-order valence-corrected chi connectivity index (χ4v) is 2.11. The van der Waals surface area contributed by atoms with Crippen LogP contribution in [-0.2, 0) is 6.42 Å². The van der Waals surface area contributed by atoms with Gasteiger partial charge in [0.05, 0.1) is 6.04 Å². The van der Waals surface area contributed by atoms with Gasteiger partial charge in [-0.15, -0.1) is 0 Å². The first-order chi connectivity index (χ1) is 9.51. The zero-order valence-electron chi connectivity index (χ0n) is 10.3. The zero-order chi connectivity index (χ0) is 14.7. The fraction of sp³-hybridized carbons (Fsp3) is 0.143. The van der Waals surface area contributed by atoms with Crippen molar-refractivity contribution in [2.75, 3.05) is 0 Å². The molecule has 0 fully saturated rings. The van der Waals surface area contributed by atoms with E-state index in [1.54, 1.807) is 0 Å². The molecule has 2 aromatic rings. The maximum atomic E-state index is 13.7. The third kappa shape index (κ3) is 3.30. The van der Waals surface area contributed by atoms with Crippen molar-refractivity contribution in [2.45, 2.75) is 12.5 Å². The third-order valence-corrected chi connectivity index (χ3v) is 3.21. The van der Waals surface area contributed by atoms with Crippen LogP contribution in [0.4, 0.5) is 13.2 Å². The summed E-state index contributed by atoms with van der Waals surface area (Å²) in [5, 5.41) is 0.264. The summed E-state index contributed by atoms with van der Waals surface area (Å²) < 4.78 is 40.6. The fourth-order valence-electron chi connectivity index (χ4n) is 1.95. The molecule has 20 heavy (non-hydrogen) atoms. The van der Waals surface area contributed by atoms with Gasteiger partial charge in [-0.1, -0.05) is 17.7 Å². The van der Waals surface area contributed by atoms with Crippen LogP contribution in [-0.4, -0.2) is 0 Å². The molecule has 2 nitrogen and oxygen atoms in total. The predicted molar refractivity (Wildman–Crippen MR) is 71.5 cm³/mol. The van der Waals surface area contributed by atoms with Crippen LogP contribution in [0.25, 0.3) is 0 Å². The van der Waals surface area contributed by atoms with Crippen molar-refractivity contribution in [3.8, 4) is 0 Å². The Labute approximate surface area is 119 Å². The van der Waals surface area contributed by atoms with Gasteiger partial charge in [0.2, 0.25) is 0 Å². The smallest absolute Gasteiger partial charge is 0.128 e. The number of rotatable bonds is 4. The number of hydrogen-bond donors (Lipinski definition) is 2.